The number of benzene rings is 4. The largest absolute Gasteiger partial charge is 0.494 e. The van der Waals surface area contributed by atoms with E-state index < -0.39 is 0 Å². The minimum atomic E-state index is -0.374. The second kappa shape index (κ2) is 9.33. The minimum Gasteiger partial charge on any atom is -0.399 e. The highest BCUT2D eigenvalue weighted by Gasteiger charge is 2.51. The normalized spacial score (nSPS) is 16.2. The van der Waals surface area contributed by atoms with Gasteiger partial charge in [-0.25, -0.2) is 0 Å². The van der Waals surface area contributed by atoms with Crippen LogP contribution < -0.4 is 5.46 Å². The molecule has 0 atom stereocenters. The lowest BCUT2D eigenvalue weighted by molar-refractivity contribution is 0.00578. The molecule has 174 valence electrons. The summed E-state index contributed by atoms with van der Waals surface area (Å²) in [6, 6.07) is 40.5. The highest BCUT2D eigenvalue weighted by atomic mass is 16.7. The second-order valence-electron chi connectivity index (χ2n) is 10.1. The van der Waals surface area contributed by atoms with Gasteiger partial charge in [0.05, 0.1) is 11.2 Å². The van der Waals surface area contributed by atoms with Crippen molar-refractivity contribution in [2.24, 2.45) is 0 Å². The van der Waals surface area contributed by atoms with Gasteiger partial charge in [0, 0.05) is 0 Å². The fraction of sp³-hybridized carbons (Fsp3) is 0.188. The maximum absolute atomic E-state index is 6.29. The van der Waals surface area contributed by atoms with Crippen molar-refractivity contribution in [3.05, 3.63) is 138 Å². The van der Waals surface area contributed by atoms with Crippen molar-refractivity contribution in [2.75, 3.05) is 0 Å². The van der Waals surface area contributed by atoms with Crippen LogP contribution in [0.15, 0.2) is 115 Å². The van der Waals surface area contributed by atoms with Crippen molar-refractivity contribution < 1.29 is 9.31 Å². The average Bonchev–Trinajstić information content (AvgIpc) is 3.11. The molecule has 35 heavy (non-hydrogen) atoms. The summed E-state index contributed by atoms with van der Waals surface area (Å²) in [6.45, 7) is 8.35. The molecule has 1 aliphatic rings. The lowest BCUT2D eigenvalue weighted by Crippen LogP contribution is -2.41. The molecule has 0 radical (unpaired) electrons. The van der Waals surface area contributed by atoms with E-state index in [9.17, 15) is 0 Å². The van der Waals surface area contributed by atoms with Gasteiger partial charge in [0.2, 0.25) is 0 Å². The van der Waals surface area contributed by atoms with Crippen LogP contribution >= 0.6 is 0 Å². The Bertz CT molecular complexity index is 1250. The predicted molar refractivity (Wildman–Crippen MR) is 147 cm³/mol. The maximum Gasteiger partial charge on any atom is 0.494 e. The third-order valence-electron chi connectivity index (χ3n) is 7.16. The Morgan fingerprint density at radius 2 is 0.771 bits per heavy atom. The molecular weight excluding hydrogens is 427 g/mol. The Kier molecular flexibility index (Phi) is 6.23. The third kappa shape index (κ3) is 4.62. The van der Waals surface area contributed by atoms with Crippen LogP contribution in [0.3, 0.4) is 0 Å². The summed E-state index contributed by atoms with van der Waals surface area (Å²) in [5.74, 6) is 0. The number of rotatable bonds is 5. The highest BCUT2D eigenvalue weighted by Crippen LogP contribution is 2.38. The second-order valence-corrected chi connectivity index (χ2v) is 10.1. The van der Waals surface area contributed by atoms with Crippen LogP contribution in [-0.2, 0) is 9.31 Å². The van der Waals surface area contributed by atoms with E-state index in [1.165, 1.54) is 27.8 Å². The maximum atomic E-state index is 6.29. The smallest absolute Gasteiger partial charge is 0.399 e. The van der Waals surface area contributed by atoms with E-state index in [0.717, 1.165) is 11.0 Å². The van der Waals surface area contributed by atoms with Gasteiger partial charge in [0.25, 0.3) is 0 Å². The molecule has 0 N–H and O–H groups in total. The van der Waals surface area contributed by atoms with Gasteiger partial charge in [-0.1, -0.05) is 115 Å². The van der Waals surface area contributed by atoms with E-state index in [4.69, 9.17) is 9.31 Å². The minimum absolute atomic E-state index is 0.362. The lowest BCUT2D eigenvalue weighted by Gasteiger charge is -2.32. The van der Waals surface area contributed by atoms with E-state index >= 15 is 0 Å². The zero-order valence-electron chi connectivity index (χ0n) is 20.9. The summed E-state index contributed by atoms with van der Waals surface area (Å²) in [6.07, 6.45) is 0. The van der Waals surface area contributed by atoms with Crippen LogP contribution in [0.5, 0.6) is 0 Å². The predicted octanol–water partition coefficient (Wildman–Crippen LogP) is 6.99. The summed E-state index contributed by atoms with van der Waals surface area (Å²) < 4.78 is 12.6. The molecule has 0 aliphatic carbocycles. The van der Waals surface area contributed by atoms with E-state index in [2.05, 4.69) is 143 Å². The molecular formula is C32H31BO2. The van der Waals surface area contributed by atoms with Gasteiger partial charge in [-0.2, -0.15) is 0 Å². The Morgan fingerprint density at radius 3 is 1.11 bits per heavy atom. The van der Waals surface area contributed by atoms with Gasteiger partial charge in [0.1, 0.15) is 0 Å². The van der Waals surface area contributed by atoms with Crippen molar-refractivity contribution >= 4 is 23.7 Å². The molecule has 0 aromatic heterocycles. The van der Waals surface area contributed by atoms with E-state index in [1.54, 1.807) is 0 Å². The highest BCUT2D eigenvalue weighted by molar-refractivity contribution is 6.62. The van der Waals surface area contributed by atoms with Crippen LogP contribution in [0, 0.1) is 0 Å². The molecule has 0 unspecified atom stereocenters. The molecule has 1 fully saturated rings. The average molecular weight is 458 g/mol. The van der Waals surface area contributed by atoms with Crippen LogP contribution in [0.4, 0.5) is 0 Å². The molecule has 2 nitrogen and oxygen atoms in total. The topological polar surface area (TPSA) is 18.5 Å². The molecule has 1 heterocycles. The van der Waals surface area contributed by atoms with E-state index in [1.807, 2.05) is 0 Å². The van der Waals surface area contributed by atoms with Gasteiger partial charge in [-0.3, -0.25) is 0 Å². The van der Waals surface area contributed by atoms with Gasteiger partial charge in [0.15, 0.2) is 0 Å². The molecule has 5 rings (SSSR count). The Hall–Kier alpha value is -3.40. The first kappa shape index (κ1) is 23.4. The summed E-state index contributed by atoms with van der Waals surface area (Å²) in [4.78, 5) is 0. The SMILES string of the molecule is CC1(C)OB(c2ccc(C(=C(c3ccccc3)c3ccccc3)c3ccccc3)cc2)OC1(C)C. The van der Waals surface area contributed by atoms with Gasteiger partial charge >= 0.3 is 7.12 Å². The van der Waals surface area contributed by atoms with Gasteiger partial charge < -0.3 is 9.31 Å². The van der Waals surface area contributed by atoms with Crippen molar-refractivity contribution in [3.8, 4) is 0 Å². The summed E-state index contributed by atoms with van der Waals surface area (Å²) in [7, 11) is -0.374. The Morgan fingerprint density at radius 1 is 0.457 bits per heavy atom. The summed E-state index contributed by atoms with van der Waals surface area (Å²) >= 11 is 0. The molecule has 4 aromatic carbocycles. The summed E-state index contributed by atoms with van der Waals surface area (Å²) in [5.41, 5.74) is 7.42. The van der Waals surface area contributed by atoms with E-state index in [-0.39, 0.29) is 18.3 Å². The van der Waals surface area contributed by atoms with Crippen LogP contribution in [-0.4, -0.2) is 18.3 Å². The third-order valence-corrected chi connectivity index (χ3v) is 7.16. The first-order chi connectivity index (χ1) is 16.9. The van der Waals surface area contributed by atoms with Crippen LogP contribution in [0.2, 0.25) is 0 Å². The van der Waals surface area contributed by atoms with E-state index in [0.29, 0.717) is 0 Å². The Balaban J connectivity index is 1.66. The number of hydrogen-bond acceptors (Lipinski definition) is 2. The molecule has 0 spiro atoms. The quantitative estimate of drug-likeness (QED) is 0.237. The monoisotopic (exact) mass is 458 g/mol. The van der Waals surface area contributed by atoms with Crippen molar-refractivity contribution in [1.82, 2.24) is 0 Å². The van der Waals surface area contributed by atoms with Crippen LogP contribution in [0.1, 0.15) is 49.9 Å². The van der Waals surface area contributed by atoms with Crippen molar-refractivity contribution in [2.45, 2.75) is 38.9 Å². The van der Waals surface area contributed by atoms with Crippen molar-refractivity contribution in [3.63, 3.8) is 0 Å². The standard InChI is InChI=1S/C32H31BO2/c1-31(2)32(3,4)35-33(34-31)28-22-20-27(21-23-28)30(26-18-12-7-13-19-26)29(24-14-8-5-9-15-24)25-16-10-6-11-17-25/h5-23H,1-4H3. The molecule has 0 bridgehead atoms. The van der Waals surface area contributed by atoms with Crippen LogP contribution in [0.25, 0.3) is 11.1 Å². The molecule has 3 heteroatoms. The fourth-order valence-corrected chi connectivity index (χ4v) is 4.51. The van der Waals surface area contributed by atoms with Gasteiger partial charge in [-0.05, 0) is 66.6 Å². The zero-order chi connectivity index (χ0) is 24.5. The Labute approximate surface area is 209 Å². The first-order valence-electron chi connectivity index (χ1n) is 12.2. The molecule has 1 aliphatic heterocycles. The fourth-order valence-electron chi connectivity index (χ4n) is 4.51. The molecule has 0 saturated carbocycles. The molecule has 0 amide bonds. The number of hydrogen-bond donors (Lipinski definition) is 0. The van der Waals surface area contributed by atoms with Crippen molar-refractivity contribution in [1.29, 1.82) is 0 Å². The van der Waals surface area contributed by atoms with Gasteiger partial charge in [-0.15, -0.1) is 0 Å². The first-order valence-corrected chi connectivity index (χ1v) is 12.2. The summed E-state index contributed by atoms with van der Waals surface area (Å²) in [5, 5.41) is 0. The zero-order valence-corrected chi connectivity index (χ0v) is 20.9. The molecule has 4 aromatic rings. The lowest BCUT2D eigenvalue weighted by atomic mass is 9.77. The molecule has 1 saturated heterocycles.